The molecule has 1 saturated carbocycles. The summed E-state index contributed by atoms with van der Waals surface area (Å²) in [4.78, 5) is 14.6. The molecule has 5 nitrogen and oxygen atoms in total. The lowest BCUT2D eigenvalue weighted by atomic mass is 9.95. The molecular formula is C13H18N4O. The van der Waals surface area contributed by atoms with Gasteiger partial charge in [0.2, 0.25) is 0 Å². The molecule has 1 aliphatic carbocycles. The van der Waals surface area contributed by atoms with Crippen LogP contribution in [0.5, 0.6) is 0 Å². The van der Waals surface area contributed by atoms with Crippen LogP contribution in [0.1, 0.15) is 38.1 Å². The van der Waals surface area contributed by atoms with Crippen LogP contribution < -0.4 is 10.9 Å². The van der Waals surface area contributed by atoms with Gasteiger partial charge in [-0.1, -0.05) is 19.3 Å². The summed E-state index contributed by atoms with van der Waals surface area (Å²) in [7, 11) is 1.80. The molecule has 5 heteroatoms. The lowest BCUT2D eigenvalue weighted by molar-refractivity contribution is 0.338. The Morgan fingerprint density at radius 1 is 1.39 bits per heavy atom. The van der Waals surface area contributed by atoms with E-state index in [1.807, 2.05) is 10.7 Å². The Morgan fingerprint density at radius 3 is 2.89 bits per heavy atom. The second-order valence-corrected chi connectivity index (χ2v) is 4.90. The molecule has 2 N–H and O–H groups in total. The van der Waals surface area contributed by atoms with E-state index in [-0.39, 0.29) is 5.56 Å². The third-order valence-corrected chi connectivity index (χ3v) is 3.79. The minimum Gasteiger partial charge on any atom is -0.371 e. The fourth-order valence-corrected chi connectivity index (χ4v) is 2.88. The molecule has 2 heterocycles. The van der Waals surface area contributed by atoms with Crippen molar-refractivity contribution >= 4 is 16.7 Å². The predicted molar refractivity (Wildman–Crippen MR) is 72.0 cm³/mol. The Labute approximate surface area is 105 Å². The summed E-state index contributed by atoms with van der Waals surface area (Å²) in [5.41, 5.74) is 0.869. The van der Waals surface area contributed by atoms with Crippen LogP contribution in [-0.2, 0) is 0 Å². The van der Waals surface area contributed by atoms with Crippen molar-refractivity contribution in [1.82, 2.24) is 14.8 Å². The molecule has 0 radical (unpaired) electrons. The highest BCUT2D eigenvalue weighted by molar-refractivity contribution is 5.89. The van der Waals surface area contributed by atoms with Crippen molar-refractivity contribution in [1.29, 1.82) is 0 Å². The van der Waals surface area contributed by atoms with Crippen molar-refractivity contribution in [3.63, 3.8) is 0 Å². The summed E-state index contributed by atoms with van der Waals surface area (Å²) >= 11 is 0. The maximum Gasteiger partial charge on any atom is 0.261 e. The molecule has 3 rings (SSSR count). The molecule has 0 atom stereocenters. The van der Waals surface area contributed by atoms with Crippen LogP contribution >= 0.6 is 0 Å². The second-order valence-electron chi connectivity index (χ2n) is 4.90. The monoisotopic (exact) mass is 246 g/mol. The summed E-state index contributed by atoms with van der Waals surface area (Å²) in [5, 5.41) is 8.27. The summed E-state index contributed by atoms with van der Waals surface area (Å²) in [6.07, 6.45) is 7.84. The van der Waals surface area contributed by atoms with Crippen LogP contribution in [0, 0.1) is 0 Å². The molecule has 0 amide bonds. The molecule has 0 spiro atoms. The van der Waals surface area contributed by atoms with E-state index in [1.165, 1.54) is 19.3 Å². The Balaban J connectivity index is 2.17. The van der Waals surface area contributed by atoms with Gasteiger partial charge in [-0.3, -0.25) is 9.48 Å². The minimum atomic E-state index is -0.0705. The molecule has 2 aromatic rings. The number of anilines is 1. The van der Waals surface area contributed by atoms with E-state index in [1.54, 1.807) is 13.2 Å². The van der Waals surface area contributed by atoms with Crippen molar-refractivity contribution in [3.8, 4) is 0 Å². The van der Waals surface area contributed by atoms with Gasteiger partial charge in [-0.25, -0.2) is 0 Å². The number of nitrogens with one attached hydrogen (secondary N) is 2. The number of aromatic amines is 1. The fraction of sp³-hybridized carbons (Fsp3) is 0.538. The van der Waals surface area contributed by atoms with E-state index in [9.17, 15) is 4.79 Å². The zero-order valence-corrected chi connectivity index (χ0v) is 10.6. The first kappa shape index (κ1) is 11.3. The number of rotatable bonds is 2. The van der Waals surface area contributed by atoms with E-state index in [0.29, 0.717) is 17.2 Å². The van der Waals surface area contributed by atoms with Crippen molar-refractivity contribution in [2.45, 2.75) is 38.1 Å². The van der Waals surface area contributed by atoms with Crippen LogP contribution in [-0.4, -0.2) is 21.8 Å². The molecule has 2 aromatic heterocycles. The van der Waals surface area contributed by atoms with E-state index in [2.05, 4.69) is 15.4 Å². The Bertz CT molecular complexity index is 607. The van der Waals surface area contributed by atoms with E-state index >= 15 is 0 Å². The third-order valence-electron chi connectivity index (χ3n) is 3.79. The summed E-state index contributed by atoms with van der Waals surface area (Å²) < 4.78 is 2.04. The maximum absolute atomic E-state index is 11.9. The molecule has 18 heavy (non-hydrogen) atoms. The Hall–Kier alpha value is -1.78. The SMILES string of the molecule is CNc1nn(C2CCCCC2)c2cc[nH]c(=O)c12. The topological polar surface area (TPSA) is 62.7 Å². The molecule has 1 aliphatic rings. The van der Waals surface area contributed by atoms with Crippen molar-refractivity contribution in [2.75, 3.05) is 12.4 Å². The molecule has 0 saturated heterocycles. The third kappa shape index (κ3) is 1.70. The number of hydrogen-bond acceptors (Lipinski definition) is 3. The van der Waals surface area contributed by atoms with Crippen molar-refractivity contribution < 1.29 is 0 Å². The second kappa shape index (κ2) is 4.48. The average Bonchev–Trinajstić information content (AvgIpc) is 2.80. The van der Waals surface area contributed by atoms with Crippen molar-refractivity contribution in [2.24, 2.45) is 0 Å². The van der Waals surface area contributed by atoms with E-state index in [4.69, 9.17) is 0 Å². The zero-order valence-electron chi connectivity index (χ0n) is 10.6. The first-order valence-corrected chi connectivity index (χ1v) is 6.59. The number of aromatic nitrogens is 3. The molecular weight excluding hydrogens is 228 g/mol. The van der Waals surface area contributed by atoms with Gasteiger partial charge < -0.3 is 10.3 Å². The Kier molecular flexibility index (Phi) is 2.81. The smallest absolute Gasteiger partial charge is 0.261 e. The van der Waals surface area contributed by atoms with Gasteiger partial charge >= 0.3 is 0 Å². The van der Waals surface area contributed by atoms with Gasteiger partial charge in [-0.2, -0.15) is 5.10 Å². The van der Waals surface area contributed by atoms with Gasteiger partial charge in [0.1, 0.15) is 5.39 Å². The number of hydrogen-bond donors (Lipinski definition) is 2. The van der Waals surface area contributed by atoms with E-state index < -0.39 is 0 Å². The average molecular weight is 246 g/mol. The van der Waals surface area contributed by atoms with Gasteiger partial charge in [0.05, 0.1) is 11.6 Å². The largest absolute Gasteiger partial charge is 0.371 e. The summed E-state index contributed by atoms with van der Waals surface area (Å²) in [6, 6.07) is 2.38. The molecule has 0 aromatic carbocycles. The molecule has 96 valence electrons. The number of nitrogens with zero attached hydrogens (tertiary/aromatic N) is 2. The highest BCUT2D eigenvalue weighted by Gasteiger charge is 2.21. The first-order valence-electron chi connectivity index (χ1n) is 6.59. The number of fused-ring (bicyclic) bond motifs is 1. The number of pyridine rings is 1. The standard InChI is InChI=1S/C13H18N4O/c1-14-12-11-10(7-8-15-13(11)18)17(16-12)9-5-3-2-4-6-9/h7-9H,2-6H2,1H3,(H,14,16)(H,15,18). The number of H-pyrrole nitrogens is 1. The fourth-order valence-electron chi connectivity index (χ4n) is 2.88. The lowest BCUT2D eigenvalue weighted by Crippen LogP contribution is -2.14. The summed E-state index contributed by atoms with van der Waals surface area (Å²) in [6.45, 7) is 0. The zero-order chi connectivity index (χ0) is 12.5. The van der Waals surface area contributed by atoms with Crippen LogP contribution in [0.15, 0.2) is 17.1 Å². The van der Waals surface area contributed by atoms with Gasteiger partial charge in [0, 0.05) is 13.2 Å². The van der Waals surface area contributed by atoms with Gasteiger partial charge in [-0.05, 0) is 18.9 Å². The van der Waals surface area contributed by atoms with Crippen LogP contribution in [0.4, 0.5) is 5.82 Å². The normalized spacial score (nSPS) is 17.2. The highest BCUT2D eigenvalue weighted by atomic mass is 16.1. The Morgan fingerprint density at radius 2 is 2.17 bits per heavy atom. The highest BCUT2D eigenvalue weighted by Crippen LogP contribution is 2.31. The van der Waals surface area contributed by atoms with Crippen LogP contribution in [0.3, 0.4) is 0 Å². The van der Waals surface area contributed by atoms with Gasteiger partial charge in [-0.15, -0.1) is 0 Å². The molecule has 0 aliphatic heterocycles. The van der Waals surface area contributed by atoms with Crippen LogP contribution in [0.2, 0.25) is 0 Å². The van der Waals surface area contributed by atoms with Crippen molar-refractivity contribution in [3.05, 3.63) is 22.6 Å². The van der Waals surface area contributed by atoms with E-state index in [0.717, 1.165) is 18.4 Å². The van der Waals surface area contributed by atoms with Crippen LogP contribution in [0.25, 0.3) is 10.9 Å². The molecule has 0 unspecified atom stereocenters. The minimum absolute atomic E-state index is 0.0705. The molecule has 1 fully saturated rings. The summed E-state index contributed by atoms with van der Waals surface area (Å²) in [5.74, 6) is 0.678. The maximum atomic E-state index is 11.9. The van der Waals surface area contributed by atoms with Gasteiger partial charge in [0.15, 0.2) is 5.82 Å². The van der Waals surface area contributed by atoms with Gasteiger partial charge in [0.25, 0.3) is 5.56 Å². The lowest BCUT2D eigenvalue weighted by Gasteiger charge is -2.22. The molecule has 0 bridgehead atoms. The quantitative estimate of drug-likeness (QED) is 0.854. The first-order chi connectivity index (χ1) is 8.81. The predicted octanol–water partition coefficient (Wildman–Crippen LogP) is 2.27.